The molecule has 0 aliphatic carbocycles. The van der Waals surface area contributed by atoms with Crippen molar-refractivity contribution in [3.05, 3.63) is 52.1 Å². The van der Waals surface area contributed by atoms with E-state index in [1.807, 2.05) is 43.1 Å². The van der Waals surface area contributed by atoms with Gasteiger partial charge in [-0.2, -0.15) is 0 Å². The summed E-state index contributed by atoms with van der Waals surface area (Å²) < 4.78 is 10.9. The lowest BCUT2D eigenvalue weighted by Crippen LogP contribution is -2.30. The summed E-state index contributed by atoms with van der Waals surface area (Å²) in [6, 6.07) is 10.6. The smallest absolute Gasteiger partial charge is 0.311 e. The van der Waals surface area contributed by atoms with E-state index in [0.717, 1.165) is 11.3 Å². The van der Waals surface area contributed by atoms with E-state index in [9.17, 15) is 10.1 Å². The molecule has 1 aromatic heterocycles. The van der Waals surface area contributed by atoms with Crippen LogP contribution in [-0.2, 0) is 9.47 Å². The molecule has 3 rings (SSSR count). The second-order valence-corrected chi connectivity index (χ2v) is 5.84. The molecule has 2 aromatic rings. The van der Waals surface area contributed by atoms with Gasteiger partial charge in [0.05, 0.1) is 24.7 Å². The molecule has 1 fully saturated rings. The van der Waals surface area contributed by atoms with Crippen LogP contribution < -0.4 is 10.2 Å². The van der Waals surface area contributed by atoms with E-state index in [1.54, 1.807) is 6.07 Å². The highest BCUT2D eigenvalue weighted by Crippen LogP contribution is 2.28. The Morgan fingerprint density at radius 2 is 1.92 bits per heavy atom. The lowest BCUT2D eigenvalue weighted by atomic mass is 10.2. The SMILES string of the molecule is Cc1ccc(Nc2nc(N(C)CC3OCCO3)ccc2[N+](=O)[O-])cc1. The zero-order valence-corrected chi connectivity index (χ0v) is 14.1. The fraction of sp³-hybridized carbons (Fsp3) is 0.353. The second kappa shape index (κ2) is 7.45. The zero-order valence-electron chi connectivity index (χ0n) is 14.1. The highest BCUT2D eigenvalue weighted by Gasteiger charge is 2.21. The van der Waals surface area contributed by atoms with Crippen LogP contribution in [0.5, 0.6) is 0 Å². The predicted octanol–water partition coefficient (Wildman–Crippen LogP) is 2.85. The number of aryl methyl sites for hydroxylation is 1. The van der Waals surface area contributed by atoms with Crippen molar-refractivity contribution in [3.8, 4) is 0 Å². The molecule has 8 nitrogen and oxygen atoms in total. The molecule has 0 atom stereocenters. The van der Waals surface area contributed by atoms with Crippen LogP contribution in [0.1, 0.15) is 5.56 Å². The summed E-state index contributed by atoms with van der Waals surface area (Å²) in [4.78, 5) is 17.1. The Kier molecular flexibility index (Phi) is 5.11. The van der Waals surface area contributed by atoms with Gasteiger partial charge in [0.2, 0.25) is 5.82 Å². The largest absolute Gasteiger partial charge is 0.355 e. The highest BCUT2D eigenvalue weighted by atomic mass is 16.7. The van der Waals surface area contributed by atoms with Crippen molar-refractivity contribution in [1.29, 1.82) is 0 Å². The van der Waals surface area contributed by atoms with Crippen LogP contribution >= 0.6 is 0 Å². The lowest BCUT2D eigenvalue weighted by Gasteiger charge is -2.21. The number of hydrogen-bond donors (Lipinski definition) is 1. The average Bonchev–Trinajstić information content (AvgIpc) is 3.09. The molecular formula is C17H20N4O4. The molecule has 1 N–H and O–H groups in total. The van der Waals surface area contributed by atoms with Crippen molar-refractivity contribution in [2.45, 2.75) is 13.2 Å². The average molecular weight is 344 g/mol. The van der Waals surface area contributed by atoms with Gasteiger partial charge in [0, 0.05) is 18.8 Å². The maximum Gasteiger partial charge on any atom is 0.311 e. The molecule has 1 aliphatic heterocycles. The molecule has 1 aliphatic rings. The first-order valence-electron chi connectivity index (χ1n) is 7.96. The monoisotopic (exact) mass is 344 g/mol. The van der Waals surface area contributed by atoms with E-state index in [4.69, 9.17) is 9.47 Å². The molecule has 1 saturated heterocycles. The number of nitrogens with one attached hydrogen (secondary N) is 1. The van der Waals surface area contributed by atoms with Gasteiger partial charge in [-0.05, 0) is 25.1 Å². The van der Waals surface area contributed by atoms with Crippen molar-refractivity contribution in [2.24, 2.45) is 0 Å². The van der Waals surface area contributed by atoms with Gasteiger partial charge in [-0.3, -0.25) is 10.1 Å². The summed E-state index contributed by atoms with van der Waals surface area (Å²) in [7, 11) is 1.84. The Labute approximate surface area is 145 Å². The number of aromatic nitrogens is 1. The van der Waals surface area contributed by atoms with Gasteiger partial charge >= 0.3 is 5.69 Å². The molecule has 8 heteroatoms. The number of pyridine rings is 1. The van der Waals surface area contributed by atoms with Gasteiger partial charge in [-0.15, -0.1) is 0 Å². The van der Waals surface area contributed by atoms with Gasteiger partial charge in [0.15, 0.2) is 6.29 Å². The normalized spacial score (nSPS) is 14.5. The molecule has 0 radical (unpaired) electrons. The van der Waals surface area contributed by atoms with Crippen LogP contribution in [0.4, 0.5) is 23.0 Å². The summed E-state index contributed by atoms with van der Waals surface area (Å²) in [5.74, 6) is 0.797. The number of ether oxygens (including phenoxy) is 2. The second-order valence-electron chi connectivity index (χ2n) is 5.84. The van der Waals surface area contributed by atoms with E-state index in [0.29, 0.717) is 25.6 Å². The van der Waals surface area contributed by atoms with Crippen molar-refractivity contribution in [2.75, 3.05) is 37.0 Å². The van der Waals surface area contributed by atoms with Crippen LogP contribution in [-0.4, -0.2) is 43.0 Å². The van der Waals surface area contributed by atoms with Crippen molar-refractivity contribution in [3.63, 3.8) is 0 Å². The summed E-state index contributed by atoms with van der Waals surface area (Å²) in [5, 5.41) is 14.3. The van der Waals surface area contributed by atoms with Gasteiger partial charge < -0.3 is 19.7 Å². The first kappa shape index (κ1) is 17.1. The lowest BCUT2D eigenvalue weighted by molar-refractivity contribution is -0.384. The predicted molar refractivity (Wildman–Crippen MR) is 94.3 cm³/mol. The summed E-state index contributed by atoms with van der Waals surface area (Å²) in [6.45, 7) is 3.63. The number of hydrogen-bond acceptors (Lipinski definition) is 7. The Balaban J connectivity index is 1.83. The summed E-state index contributed by atoms with van der Waals surface area (Å²) in [5.41, 5.74) is 1.77. The number of nitro groups is 1. The Morgan fingerprint density at radius 1 is 1.24 bits per heavy atom. The van der Waals surface area contributed by atoms with Gasteiger partial charge in [-0.1, -0.05) is 17.7 Å². The zero-order chi connectivity index (χ0) is 17.8. The number of rotatable bonds is 6. The van der Waals surface area contributed by atoms with Crippen LogP contribution in [0.3, 0.4) is 0 Å². The number of likely N-dealkylation sites (N-methyl/N-ethyl adjacent to an activating group) is 1. The van der Waals surface area contributed by atoms with Crippen LogP contribution in [0.25, 0.3) is 0 Å². The first-order valence-corrected chi connectivity index (χ1v) is 7.96. The molecule has 2 heterocycles. The maximum absolute atomic E-state index is 11.3. The third kappa shape index (κ3) is 4.23. The maximum atomic E-state index is 11.3. The van der Waals surface area contributed by atoms with Gasteiger partial charge in [0.25, 0.3) is 0 Å². The first-order chi connectivity index (χ1) is 12.0. The van der Waals surface area contributed by atoms with Crippen molar-refractivity contribution < 1.29 is 14.4 Å². The molecule has 0 bridgehead atoms. The molecular weight excluding hydrogens is 324 g/mol. The Hall–Kier alpha value is -2.71. The van der Waals surface area contributed by atoms with Crippen LogP contribution in [0.15, 0.2) is 36.4 Å². The minimum Gasteiger partial charge on any atom is -0.355 e. The third-order valence-electron chi connectivity index (χ3n) is 3.88. The van der Waals surface area contributed by atoms with Crippen molar-refractivity contribution in [1.82, 2.24) is 4.98 Å². The van der Waals surface area contributed by atoms with E-state index in [2.05, 4.69) is 10.3 Å². The van der Waals surface area contributed by atoms with E-state index in [-0.39, 0.29) is 17.8 Å². The standard InChI is InChI=1S/C17H20N4O4/c1-12-3-5-13(6-4-12)18-17-14(21(22)23)7-8-15(19-17)20(2)11-16-24-9-10-25-16/h3-8,16H,9-11H2,1-2H3,(H,18,19). The molecule has 25 heavy (non-hydrogen) atoms. The Bertz CT molecular complexity index is 745. The highest BCUT2D eigenvalue weighted by molar-refractivity contribution is 5.68. The number of benzene rings is 1. The molecule has 1 aromatic carbocycles. The van der Waals surface area contributed by atoms with Crippen LogP contribution in [0, 0.1) is 17.0 Å². The third-order valence-corrected chi connectivity index (χ3v) is 3.88. The molecule has 0 amide bonds. The summed E-state index contributed by atoms with van der Waals surface area (Å²) >= 11 is 0. The minimum atomic E-state index is -0.448. The molecule has 0 saturated carbocycles. The van der Waals surface area contributed by atoms with Gasteiger partial charge in [0.1, 0.15) is 5.82 Å². The van der Waals surface area contributed by atoms with E-state index in [1.165, 1.54) is 6.07 Å². The number of nitrogens with zero attached hydrogens (tertiary/aromatic N) is 3. The Morgan fingerprint density at radius 3 is 2.56 bits per heavy atom. The van der Waals surface area contributed by atoms with Crippen LogP contribution in [0.2, 0.25) is 0 Å². The van der Waals surface area contributed by atoms with E-state index >= 15 is 0 Å². The topological polar surface area (TPSA) is 89.8 Å². The summed E-state index contributed by atoms with van der Waals surface area (Å²) in [6.07, 6.45) is -0.310. The minimum absolute atomic E-state index is 0.0777. The van der Waals surface area contributed by atoms with Gasteiger partial charge in [-0.25, -0.2) is 4.98 Å². The fourth-order valence-corrected chi connectivity index (χ4v) is 2.50. The number of anilines is 3. The van der Waals surface area contributed by atoms with Crippen molar-refractivity contribution >= 4 is 23.0 Å². The molecule has 0 unspecified atom stereocenters. The fourth-order valence-electron chi connectivity index (χ4n) is 2.50. The van der Waals surface area contributed by atoms with E-state index < -0.39 is 4.92 Å². The molecule has 0 spiro atoms. The molecule has 132 valence electrons. The quantitative estimate of drug-likeness (QED) is 0.636.